The van der Waals surface area contributed by atoms with Gasteiger partial charge in [-0.3, -0.25) is 4.79 Å². The minimum Gasteiger partial charge on any atom is -0.356 e. The van der Waals surface area contributed by atoms with Crippen molar-refractivity contribution in [2.24, 2.45) is 5.14 Å². The van der Waals surface area contributed by atoms with Gasteiger partial charge in [0.2, 0.25) is 15.9 Å². The van der Waals surface area contributed by atoms with E-state index >= 15 is 0 Å². The van der Waals surface area contributed by atoms with Crippen molar-refractivity contribution in [3.63, 3.8) is 0 Å². The molecule has 0 aliphatic carbocycles. The van der Waals surface area contributed by atoms with Crippen LogP contribution in [-0.2, 0) is 21.2 Å². The number of nitrogens with one attached hydrogen (secondary N) is 1. The predicted molar refractivity (Wildman–Crippen MR) is 102 cm³/mol. The molecule has 5 nitrogen and oxygen atoms in total. The number of carbonyl (C=O) groups is 1. The zero-order valence-corrected chi connectivity index (χ0v) is 16.1. The van der Waals surface area contributed by atoms with Crippen molar-refractivity contribution < 1.29 is 13.2 Å². The van der Waals surface area contributed by atoms with Crippen LogP contribution < -0.4 is 10.5 Å². The van der Waals surface area contributed by atoms with Crippen LogP contribution in [0.25, 0.3) is 0 Å². The first-order valence-corrected chi connectivity index (χ1v) is 10.9. The summed E-state index contributed by atoms with van der Waals surface area (Å²) in [5.74, 6) is 0.0899. The van der Waals surface area contributed by atoms with Crippen molar-refractivity contribution in [1.82, 2.24) is 5.32 Å². The summed E-state index contributed by atoms with van der Waals surface area (Å²) in [6, 6.07) is 6.44. The molecule has 1 amide bonds. The zero-order valence-electron chi connectivity index (χ0n) is 15.3. The lowest BCUT2D eigenvalue weighted by Gasteiger charge is -2.06. The number of carbonyl (C=O) groups excluding carboxylic acids is 1. The Morgan fingerprint density at radius 3 is 2.08 bits per heavy atom. The average molecular weight is 369 g/mol. The van der Waals surface area contributed by atoms with Gasteiger partial charge in [-0.25, -0.2) is 13.6 Å². The number of nitrogens with two attached hydrogens (primary N) is 1. The highest BCUT2D eigenvalue weighted by Gasteiger charge is 2.07. The van der Waals surface area contributed by atoms with E-state index in [4.69, 9.17) is 5.14 Å². The molecule has 1 aromatic rings. The smallest absolute Gasteiger partial charge is 0.238 e. The largest absolute Gasteiger partial charge is 0.356 e. The van der Waals surface area contributed by atoms with Gasteiger partial charge in [0, 0.05) is 13.0 Å². The van der Waals surface area contributed by atoms with Crippen LogP contribution in [0.15, 0.2) is 29.2 Å². The summed E-state index contributed by atoms with van der Waals surface area (Å²) in [6.07, 6.45) is 11.1. The molecule has 0 unspecified atom stereocenters. The van der Waals surface area contributed by atoms with Crippen LogP contribution in [0.3, 0.4) is 0 Å². The number of sulfonamides is 1. The van der Waals surface area contributed by atoms with Gasteiger partial charge in [-0.05, 0) is 30.5 Å². The normalized spacial score (nSPS) is 11.4. The Morgan fingerprint density at radius 1 is 0.960 bits per heavy atom. The molecule has 142 valence electrons. The van der Waals surface area contributed by atoms with Crippen LogP contribution in [-0.4, -0.2) is 20.9 Å². The van der Waals surface area contributed by atoms with E-state index in [-0.39, 0.29) is 10.8 Å². The Labute approximate surface area is 152 Å². The van der Waals surface area contributed by atoms with E-state index < -0.39 is 10.0 Å². The quantitative estimate of drug-likeness (QED) is 0.522. The van der Waals surface area contributed by atoms with Crippen molar-refractivity contribution >= 4 is 15.9 Å². The fourth-order valence-electron chi connectivity index (χ4n) is 2.70. The van der Waals surface area contributed by atoms with E-state index in [0.717, 1.165) is 18.4 Å². The molecule has 3 N–H and O–H groups in total. The molecule has 0 aliphatic heterocycles. The summed E-state index contributed by atoms with van der Waals surface area (Å²) in [5.41, 5.74) is 0.972. The molecular weight excluding hydrogens is 336 g/mol. The van der Waals surface area contributed by atoms with E-state index in [9.17, 15) is 13.2 Å². The van der Waals surface area contributed by atoms with E-state index in [2.05, 4.69) is 12.2 Å². The number of rotatable bonds is 13. The van der Waals surface area contributed by atoms with Gasteiger partial charge in [-0.2, -0.15) is 0 Å². The van der Waals surface area contributed by atoms with Gasteiger partial charge in [0.15, 0.2) is 0 Å². The molecule has 0 fully saturated rings. The fraction of sp³-hybridized carbons (Fsp3) is 0.632. The summed E-state index contributed by atoms with van der Waals surface area (Å²) in [5, 5.41) is 7.97. The first-order chi connectivity index (χ1) is 11.9. The summed E-state index contributed by atoms with van der Waals surface area (Å²) >= 11 is 0. The molecule has 25 heavy (non-hydrogen) atoms. The van der Waals surface area contributed by atoms with Crippen LogP contribution in [0.5, 0.6) is 0 Å². The Hall–Kier alpha value is -1.40. The Morgan fingerprint density at radius 2 is 1.52 bits per heavy atom. The fourth-order valence-corrected chi connectivity index (χ4v) is 3.22. The van der Waals surface area contributed by atoms with Gasteiger partial charge in [0.1, 0.15) is 0 Å². The maximum atomic E-state index is 11.8. The van der Waals surface area contributed by atoms with E-state index in [0.29, 0.717) is 19.4 Å². The second-order valence-electron chi connectivity index (χ2n) is 6.51. The van der Waals surface area contributed by atoms with Crippen molar-refractivity contribution in [3.8, 4) is 0 Å². The molecule has 0 aliphatic rings. The van der Waals surface area contributed by atoms with Crippen molar-refractivity contribution in [1.29, 1.82) is 0 Å². The summed E-state index contributed by atoms with van der Waals surface area (Å²) in [7, 11) is -3.65. The number of primary sulfonamides is 1. The molecule has 0 saturated carbocycles. The van der Waals surface area contributed by atoms with Crippen LogP contribution in [0, 0.1) is 0 Å². The van der Waals surface area contributed by atoms with Gasteiger partial charge in [-0.1, -0.05) is 64.0 Å². The van der Waals surface area contributed by atoms with Gasteiger partial charge in [0.05, 0.1) is 4.90 Å². The zero-order chi connectivity index (χ0) is 18.5. The second kappa shape index (κ2) is 12.0. The van der Waals surface area contributed by atoms with Crippen molar-refractivity contribution in [2.45, 2.75) is 76.0 Å². The van der Waals surface area contributed by atoms with Crippen LogP contribution in [0.4, 0.5) is 0 Å². The summed E-state index contributed by atoms with van der Waals surface area (Å²) < 4.78 is 22.4. The monoisotopic (exact) mass is 368 g/mol. The highest BCUT2D eigenvalue weighted by molar-refractivity contribution is 7.89. The molecule has 0 heterocycles. The highest BCUT2D eigenvalue weighted by Crippen LogP contribution is 2.10. The number of amides is 1. The highest BCUT2D eigenvalue weighted by atomic mass is 32.2. The number of unbranched alkanes of at least 4 members (excludes halogenated alkanes) is 7. The van der Waals surface area contributed by atoms with Gasteiger partial charge in [0.25, 0.3) is 0 Å². The minimum absolute atomic E-state index is 0.0899. The third-order valence-electron chi connectivity index (χ3n) is 4.25. The van der Waals surface area contributed by atoms with E-state index in [1.807, 2.05) is 0 Å². The lowest BCUT2D eigenvalue weighted by molar-refractivity contribution is -0.121. The lowest BCUT2D eigenvalue weighted by Crippen LogP contribution is -2.25. The first-order valence-electron chi connectivity index (χ1n) is 9.32. The average Bonchev–Trinajstić information content (AvgIpc) is 2.57. The van der Waals surface area contributed by atoms with Crippen LogP contribution in [0.2, 0.25) is 0 Å². The maximum absolute atomic E-state index is 11.8. The van der Waals surface area contributed by atoms with Gasteiger partial charge < -0.3 is 5.32 Å². The number of benzene rings is 1. The van der Waals surface area contributed by atoms with E-state index in [1.54, 1.807) is 12.1 Å². The lowest BCUT2D eigenvalue weighted by atomic mass is 10.1. The molecule has 1 aromatic carbocycles. The Balaban J connectivity index is 2.08. The number of hydrogen-bond acceptors (Lipinski definition) is 3. The summed E-state index contributed by atoms with van der Waals surface area (Å²) in [6.45, 7) is 2.78. The molecule has 1 rings (SSSR count). The van der Waals surface area contributed by atoms with Gasteiger partial charge in [-0.15, -0.1) is 0 Å². The van der Waals surface area contributed by atoms with Crippen LogP contribution in [0.1, 0.15) is 70.3 Å². The van der Waals surface area contributed by atoms with Crippen molar-refractivity contribution in [3.05, 3.63) is 29.8 Å². The topological polar surface area (TPSA) is 89.3 Å². The third-order valence-corrected chi connectivity index (χ3v) is 5.17. The molecule has 0 spiro atoms. The second-order valence-corrected chi connectivity index (χ2v) is 8.08. The molecule has 0 bridgehead atoms. The maximum Gasteiger partial charge on any atom is 0.238 e. The van der Waals surface area contributed by atoms with E-state index in [1.165, 1.54) is 50.7 Å². The SMILES string of the molecule is CCCCCCCCCCC(=O)NCCc1ccc(S(N)(=O)=O)cc1. The molecular formula is C19H32N2O3S. The predicted octanol–water partition coefficient (Wildman–Crippen LogP) is 3.52. The molecule has 0 saturated heterocycles. The number of hydrogen-bond donors (Lipinski definition) is 2. The summed E-state index contributed by atoms with van der Waals surface area (Å²) in [4.78, 5) is 11.9. The first kappa shape index (κ1) is 21.6. The Bertz CT molecular complexity index is 598. The third kappa shape index (κ3) is 10.2. The minimum atomic E-state index is -3.65. The van der Waals surface area contributed by atoms with Crippen molar-refractivity contribution in [2.75, 3.05) is 6.54 Å². The van der Waals surface area contributed by atoms with Gasteiger partial charge >= 0.3 is 0 Å². The molecule has 6 heteroatoms. The molecule has 0 atom stereocenters. The molecule has 0 aromatic heterocycles. The van der Waals surface area contributed by atoms with Crippen LogP contribution >= 0.6 is 0 Å². The standard InChI is InChI=1S/C19H32N2O3S/c1-2-3-4-5-6-7-8-9-10-19(22)21-16-15-17-11-13-18(14-12-17)25(20,23)24/h11-14H,2-10,15-16H2,1H3,(H,21,22)(H2,20,23,24). The Kier molecular flexibility index (Phi) is 10.4. The molecule has 0 radical (unpaired) electrons.